The summed E-state index contributed by atoms with van der Waals surface area (Å²) in [4.78, 5) is 23.9. The summed E-state index contributed by atoms with van der Waals surface area (Å²) in [5.41, 5.74) is 2.96. The Bertz CT molecular complexity index is 1380. The van der Waals surface area contributed by atoms with E-state index in [9.17, 15) is 4.79 Å². The van der Waals surface area contributed by atoms with Crippen molar-refractivity contribution in [2.24, 2.45) is 13.0 Å². The van der Waals surface area contributed by atoms with Crippen LogP contribution in [0.2, 0.25) is 5.02 Å². The number of piperidine rings is 1. The smallest absolute Gasteiger partial charge is 0.264 e. The molecular formula is C22H24ClN7O. The minimum absolute atomic E-state index is 0.0638. The Morgan fingerprint density at radius 3 is 2.94 bits per heavy atom. The summed E-state index contributed by atoms with van der Waals surface area (Å²) < 4.78 is 3.55. The molecule has 0 unspecified atom stereocenters. The van der Waals surface area contributed by atoms with Gasteiger partial charge in [0.2, 0.25) is 5.95 Å². The Hall–Kier alpha value is -2.84. The fraction of sp³-hybridized carbons (Fsp3) is 0.409. The van der Waals surface area contributed by atoms with Gasteiger partial charge >= 0.3 is 0 Å². The van der Waals surface area contributed by atoms with Crippen molar-refractivity contribution in [2.75, 3.05) is 24.5 Å². The number of aromatic amines is 1. The van der Waals surface area contributed by atoms with Crippen LogP contribution >= 0.6 is 11.6 Å². The number of hydrogen-bond acceptors (Lipinski definition) is 5. The molecule has 0 amide bonds. The van der Waals surface area contributed by atoms with Crippen molar-refractivity contribution in [3.05, 3.63) is 39.9 Å². The predicted molar refractivity (Wildman–Crippen MR) is 123 cm³/mol. The highest BCUT2D eigenvalue weighted by Gasteiger charge is 2.37. The first kappa shape index (κ1) is 18.9. The third-order valence-electron chi connectivity index (χ3n) is 6.75. The molecule has 5 heterocycles. The average molecular weight is 438 g/mol. The molecule has 4 aromatic rings. The molecule has 2 aliphatic heterocycles. The second-order valence-electron chi connectivity index (χ2n) is 8.61. The van der Waals surface area contributed by atoms with E-state index in [0.717, 1.165) is 60.6 Å². The summed E-state index contributed by atoms with van der Waals surface area (Å²) in [6.07, 6.45) is 4.94. The van der Waals surface area contributed by atoms with Crippen molar-refractivity contribution in [1.82, 2.24) is 29.6 Å². The summed E-state index contributed by atoms with van der Waals surface area (Å²) in [5, 5.41) is 10.1. The molecule has 2 atom stereocenters. The van der Waals surface area contributed by atoms with Gasteiger partial charge in [0.05, 0.1) is 15.9 Å². The number of nitrogens with zero attached hydrogens (tertiary/aromatic N) is 5. The number of H-pyrrole nitrogens is 1. The highest BCUT2D eigenvalue weighted by Crippen LogP contribution is 2.37. The van der Waals surface area contributed by atoms with E-state index in [1.807, 2.05) is 43.2 Å². The maximum Gasteiger partial charge on any atom is 0.264 e. The first-order chi connectivity index (χ1) is 15.0. The van der Waals surface area contributed by atoms with Crippen molar-refractivity contribution in [1.29, 1.82) is 0 Å². The number of halogens is 1. The Morgan fingerprint density at radius 1 is 1.26 bits per heavy atom. The van der Waals surface area contributed by atoms with Gasteiger partial charge in [0, 0.05) is 61.6 Å². The van der Waals surface area contributed by atoms with Gasteiger partial charge in [0.15, 0.2) is 0 Å². The molecule has 1 aromatic carbocycles. The van der Waals surface area contributed by atoms with E-state index in [1.54, 1.807) is 4.57 Å². The summed E-state index contributed by atoms with van der Waals surface area (Å²) in [6.45, 7) is 5.71. The molecule has 0 aliphatic carbocycles. The third-order valence-corrected chi connectivity index (χ3v) is 7.15. The van der Waals surface area contributed by atoms with Gasteiger partial charge < -0.3 is 15.2 Å². The molecular weight excluding hydrogens is 414 g/mol. The second kappa shape index (κ2) is 6.83. The van der Waals surface area contributed by atoms with Gasteiger partial charge in [-0.1, -0.05) is 17.7 Å². The molecule has 2 bridgehead atoms. The lowest BCUT2D eigenvalue weighted by molar-refractivity contribution is 0.433. The number of hydrogen-bond donors (Lipinski definition) is 2. The fourth-order valence-corrected chi connectivity index (χ4v) is 5.46. The number of aryl methyl sites for hydroxylation is 1. The molecule has 31 heavy (non-hydrogen) atoms. The van der Waals surface area contributed by atoms with Crippen LogP contribution in [0.15, 0.2) is 29.3 Å². The van der Waals surface area contributed by atoms with Crippen LogP contribution in [0.3, 0.4) is 0 Å². The molecule has 9 heteroatoms. The maximum atomic E-state index is 13.5. The third kappa shape index (κ3) is 2.74. The standard InChI is InChI=1S/C22H24ClN7O/c1-3-29-11-16-17(27-29)5-4-14(19(16)23)15-9-25-20-18(15)21(31)28(2)22(26-20)30-10-12-6-13(30)8-24-7-12/h4-5,9,11-13,24-25H,3,6-8,10H2,1-2H3/t12-,13+/m0/s1. The normalized spacial score (nSPS) is 20.9. The van der Waals surface area contributed by atoms with E-state index in [4.69, 9.17) is 16.6 Å². The average Bonchev–Trinajstić information content (AvgIpc) is 3.46. The van der Waals surface area contributed by atoms with E-state index in [2.05, 4.69) is 20.3 Å². The summed E-state index contributed by atoms with van der Waals surface area (Å²) >= 11 is 6.78. The Morgan fingerprint density at radius 2 is 2.13 bits per heavy atom. The summed E-state index contributed by atoms with van der Waals surface area (Å²) in [7, 11) is 1.81. The molecule has 6 rings (SSSR count). The number of aromatic nitrogens is 5. The number of nitrogens with one attached hydrogen (secondary N) is 2. The summed E-state index contributed by atoms with van der Waals surface area (Å²) in [6, 6.07) is 4.27. The van der Waals surface area contributed by atoms with Crippen molar-refractivity contribution >= 4 is 39.5 Å². The van der Waals surface area contributed by atoms with Gasteiger partial charge in [0.25, 0.3) is 5.56 Å². The lowest BCUT2D eigenvalue weighted by Crippen LogP contribution is -2.41. The lowest BCUT2D eigenvalue weighted by Gasteiger charge is -2.27. The van der Waals surface area contributed by atoms with Gasteiger partial charge in [-0.15, -0.1) is 0 Å². The second-order valence-corrected chi connectivity index (χ2v) is 8.99. The zero-order valence-electron chi connectivity index (χ0n) is 17.5. The highest BCUT2D eigenvalue weighted by atomic mass is 35.5. The number of anilines is 1. The SMILES string of the molecule is CCn1cc2c(Cl)c(-c3c[nH]c4nc(N5C[C@@H]6CNC[C@H]5C6)n(C)c(=O)c34)ccc2n1. The van der Waals surface area contributed by atoms with Gasteiger partial charge in [0.1, 0.15) is 5.65 Å². The van der Waals surface area contributed by atoms with Crippen LogP contribution in [0, 0.1) is 5.92 Å². The topological polar surface area (TPSA) is 83.8 Å². The molecule has 0 spiro atoms. The Balaban J connectivity index is 1.51. The lowest BCUT2D eigenvalue weighted by atomic mass is 10.0. The van der Waals surface area contributed by atoms with Crippen molar-refractivity contribution in [3.63, 3.8) is 0 Å². The minimum atomic E-state index is -0.0638. The van der Waals surface area contributed by atoms with Crippen LogP contribution in [0.4, 0.5) is 5.95 Å². The first-order valence-electron chi connectivity index (χ1n) is 10.8. The number of rotatable bonds is 3. The van der Waals surface area contributed by atoms with E-state index in [-0.39, 0.29) is 5.56 Å². The van der Waals surface area contributed by atoms with E-state index in [0.29, 0.717) is 28.0 Å². The van der Waals surface area contributed by atoms with Gasteiger partial charge in [-0.25, -0.2) is 0 Å². The molecule has 3 aromatic heterocycles. The van der Waals surface area contributed by atoms with Crippen LogP contribution in [0.25, 0.3) is 33.1 Å². The van der Waals surface area contributed by atoms with Crippen molar-refractivity contribution in [3.8, 4) is 11.1 Å². The zero-order valence-corrected chi connectivity index (χ0v) is 18.3. The minimum Gasteiger partial charge on any atom is -0.345 e. The molecule has 0 radical (unpaired) electrons. The maximum absolute atomic E-state index is 13.5. The molecule has 160 valence electrons. The molecule has 2 aliphatic rings. The monoisotopic (exact) mass is 437 g/mol. The van der Waals surface area contributed by atoms with Crippen LogP contribution in [-0.2, 0) is 13.6 Å². The Kier molecular flexibility index (Phi) is 4.16. The fourth-order valence-electron chi connectivity index (χ4n) is 5.15. The van der Waals surface area contributed by atoms with E-state index in [1.165, 1.54) is 0 Å². The van der Waals surface area contributed by atoms with Crippen LogP contribution in [-0.4, -0.2) is 50.0 Å². The molecule has 0 saturated carbocycles. The van der Waals surface area contributed by atoms with Gasteiger partial charge in [-0.3, -0.25) is 14.0 Å². The van der Waals surface area contributed by atoms with Crippen LogP contribution in [0.5, 0.6) is 0 Å². The Labute approximate surface area is 183 Å². The molecule has 8 nitrogen and oxygen atoms in total. The summed E-state index contributed by atoms with van der Waals surface area (Å²) in [5.74, 6) is 1.34. The highest BCUT2D eigenvalue weighted by molar-refractivity contribution is 6.38. The largest absolute Gasteiger partial charge is 0.345 e. The van der Waals surface area contributed by atoms with Gasteiger partial charge in [-0.2, -0.15) is 10.1 Å². The zero-order chi connectivity index (χ0) is 21.3. The van der Waals surface area contributed by atoms with E-state index >= 15 is 0 Å². The van der Waals surface area contributed by atoms with Crippen molar-refractivity contribution in [2.45, 2.75) is 25.9 Å². The molecule has 2 saturated heterocycles. The molecule has 2 fully saturated rings. The first-order valence-corrected chi connectivity index (χ1v) is 11.1. The van der Waals surface area contributed by atoms with Crippen LogP contribution < -0.4 is 15.8 Å². The predicted octanol–water partition coefficient (Wildman–Crippen LogP) is 2.75. The number of fused-ring (bicyclic) bond motifs is 4. The van der Waals surface area contributed by atoms with Crippen LogP contribution in [0.1, 0.15) is 13.3 Å². The van der Waals surface area contributed by atoms with Gasteiger partial charge in [-0.05, 0) is 31.9 Å². The van der Waals surface area contributed by atoms with Crippen molar-refractivity contribution < 1.29 is 0 Å². The van der Waals surface area contributed by atoms with E-state index < -0.39 is 0 Å². The molecule has 2 N–H and O–H groups in total. The quantitative estimate of drug-likeness (QED) is 0.515. The number of benzene rings is 1.